The molecule has 1 aromatic heterocycles. The molecule has 4 nitrogen and oxygen atoms in total. The Morgan fingerprint density at radius 3 is 2.82 bits per heavy atom. The lowest BCUT2D eigenvalue weighted by Gasteiger charge is -2.05. The number of rotatable bonds is 7. The molecule has 1 heterocycles. The number of aromatic nitrogens is 2. The number of alkyl halides is 3. The number of thioether (sulfide) groups is 1. The van der Waals surface area contributed by atoms with Crippen LogP contribution in [0.1, 0.15) is 25.1 Å². The second kappa shape index (κ2) is 6.85. The summed E-state index contributed by atoms with van der Waals surface area (Å²) >= 11 is 1.66. The van der Waals surface area contributed by atoms with Gasteiger partial charge in [-0.3, -0.25) is 0 Å². The van der Waals surface area contributed by atoms with Gasteiger partial charge in [0.15, 0.2) is 5.82 Å². The maximum Gasteiger partial charge on any atom is 0.401 e. The van der Waals surface area contributed by atoms with Crippen molar-refractivity contribution >= 4 is 11.8 Å². The quantitative estimate of drug-likeness (QED) is 0.770. The molecule has 0 radical (unpaired) electrons. The van der Waals surface area contributed by atoms with Gasteiger partial charge in [-0.1, -0.05) is 12.1 Å². The van der Waals surface area contributed by atoms with Crippen LogP contribution in [-0.4, -0.2) is 28.6 Å². The Labute approximate surface area is 101 Å². The zero-order chi connectivity index (χ0) is 12.7. The standard InChI is InChI=1S/C9H14F3N3OS/c1-2-3-17-5-7-14-8(16-15-7)4-13-6-9(10,11)12/h13H,2-6H2,1H3. The van der Waals surface area contributed by atoms with E-state index in [1.807, 2.05) is 0 Å². The van der Waals surface area contributed by atoms with Crippen molar-refractivity contribution in [3.63, 3.8) is 0 Å². The van der Waals surface area contributed by atoms with Crippen LogP contribution < -0.4 is 5.32 Å². The summed E-state index contributed by atoms with van der Waals surface area (Å²) < 4.78 is 40.3. The first-order valence-corrected chi connectivity index (χ1v) is 6.33. The number of hydrogen-bond acceptors (Lipinski definition) is 5. The van der Waals surface area contributed by atoms with Crippen LogP contribution >= 0.6 is 11.8 Å². The van der Waals surface area contributed by atoms with Crippen LogP contribution in [0.3, 0.4) is 0 Å². The zero-order valence-electron chi connectivity index (χ0n) is 9.38. The normalized spacial score (nSPS) is 12.0. The highest BCUT2D eigenvalue weighted by atomic mass is 32.2. The van der Waals surface area contributed by atoms with Crippen LogP contribution in [0.2, 0.25) is 0 Å². The van der Waals surface area contributed by atoms with Gasteiger partial charge >= 0.3 is 6.18 Å². The summed E-state index contributed by atoms with van der Waals surface area (Å²) in [5, 5.41) is 5.87. The van der Waals surface area contributed by atoms with Crippen LogP contribution in [0.4, 0.5) is 13.2 Å². The maximum atomic E-state index is 11.8. The molecule has 0 aliphatic rings. The molecular weight excluding hydrogens is 255 g/mol. The van der Waals surface area contributed by atoms with Gasteiger partial charge in [0.05, 0.1) is 18.8 Å². The van der Waals surface area contributed by atoms with Crippen LogP contribution in [0, 0.1) is 0 Å². The third-order valence-electron chi connectivity index (χ3n) is 1.69. The summed E-state index contributed by atoms with van der Waals surface area (Å²) in [4.78, 5) is 3.97. The fraction of sp³-hybridized carbons (Fsp3) is 0.778. The van der Waals surface area contributed by atoms with Crippen LogP contribution in [0.5, 0.6) is 0 Å². The average molecular weight is 269 g/mol. The van der Waals surface area contributed by atoms with Gasteiger partial charge in [-0.25, -0.2) is 0 Å². The monoisotopic (exact) mass is 269 g/mol. The van der Waals surface area contributed by atoms with Gasteiger partial charge in [0.25, 0.3) is 0 Å². The maximum absolute atomic E-state index is 11.8. The van der Waals surface area contributed by atoms with Crippen molar-refractivity contribution in [1.82, 2.24) is 15.5 Å². The molecule has 1 aromatic rings. The van der Waals surface area contributed by atoms with Gasteiger partial charge in [-0.2, -0.15) is 29.9 Å². The Balaban J connectivity index is 2.26. The van der Waals surface area contributed by atoms with E-state index in [0.29, 0.717) is 11.6 Å². The smallest absolute Gasteiger partial charge is 0.338 e. The molecule has 8 heteroatoms. The minimum absolute atomic E-state index is 0.0645. The average Bonchev–Trinajstić information content (AvgIpc) is 2.64. The predicted octanol–water partition coefficient (Wildman–Crippen LogP) is 2.36. The topological polar surface area (TPSA) is 51.0 Å². The Kier molecular flexibility index (Phi) is 5.76. The highest BCUT2D eigenvalue weighted by Crippen LogP contribution is 2.13. The summed E-state index contributed by atoms with van der Waals surface area (Å²) in [6.45, 7) is 0.940. The molecule has 98 valence electrons. The summed E-state index contributed by atoms with van der Waals surface area (Å²) in [6.07, 6.45) is -3.16. The highest BCUT2D eigenvalue weighted by molar-refractivity contribution is 7.98. The molecule has 1 rings (SSSR count). The molecule has 0 unspecified atom stereocenters. The number of nitrogens with one attached hydrogen (secondary N) is 1. The summed E-state index contributed by atoms with van der Waals surface area (Å²) in [6, 6.07) is 0. The van der Waals surface area contributed by atoms with Crippen molar-refractivity contribution in [2.45, 2.75) is 31.8 Å². The Morgan fingerprint density at radius 1 is 1.41 bits per heavy atom. The van der Waals surface area contributed by atoms with E-state index < -0.39 is 12.7 Å². The Morgan fingerprint density at radius 2 is 2.18 bits per heavy atom. The van der Waals surface area contributed by atoms with E-state index in [2.05, 4.69) is 22.4 Å². The predicted molar refractivity (Wildman–Crippen MR) is 58.5 cm³/mol. The van der Waals surface area contributed by atoms with Gasteiger partial charge in [-0.05, 0) is 12.2 Å². The molecular formula is C9H14F3N3OS. The lowest BCUT2D eigenvalue weighted by Crippen LogP contribution is -2.28. The molecule has 17 heavy (non-hydrogen) atoms. The van der Waals surface area contributed by atoms with E-state index in [4.69, 9.17) is 4.52 Å². The molecule has 0 saturated carbocycles. The third kappa shape index (κ3) is 6.52. The second-order valence-corrected chi connectivity index (χ2v) is 4.48. The van der Waals surface area contributed by atoms with Crippen molar-refractivity contribution in [1.29, 1.82) is 0 Å². The largest absolute Gasteiger partial charge is 0.401 e. The minimum Gasteiger partial charge on any atom is -0.338 e. The van der Waals surface area contributed by atoms with Crippen LogP contribution in [0.15, 0.2) is 4.52 Å². The van der Waals surface area contributed by atoms with E-state index in [1.54, 1.807) is 11.8 Å². The fourth-order valence-corrected chi connectivity index (χ4v) is 1.77. The number of halogens is 3. The van der Waals surface area contributed by atoms with E-state index in [9.17, 15) is 13.2 Å². The first-order valence-electron chi connectivity index (χ1n) is 5.18. The SMILES string of the molecule is CCCSCc1noc(CNCC(F)(F)F)n1. The van der Waals surface area contributed by atoms with Crippen molar-refractivity contribution in [2.75, 3.05) is 12.3 Å². The van der Waals surface area contributed by atoms with Crippen LogP contribution in [0.25, 0.3) is 0 Å². The summed E-state index contributed by atoms with van der Waals surface area (Å²) in [5.41, 5.74) is 0. The molecule has 0 aliphatic carbocycles. The number of hydrogen-bond donors (Lipinski definition) is 1. The molecule has 0 aromatic carbocycles. The summed E-state index contributed by atoms with van der Waals surface area (Å²) in [7, 11) is 0. The molecule has 0 bridgehead atoms. The van der Waals surface area contributed by atoms with Crippen molar-refractivity contribution in [3.05, 3.63) is 11.7 Å². The first-order chi connectivity index (χ1) is 8.01. The van der Waals surface area contributed by atoms with Gasteiger partial charge in [-0.15, -0.1) is 0 Å². The number of nitrogens with zero attached hydrogens (tertiary/aromatic N) is 2. The van der Waals surface area contributed by atoms with Gasteiger partial charge in [0.1, 0.15) is 0 Å². The lowest BCUT2D eigenvalue weighted by molar-refractivity contribution is -0.125. The molecule has 0 fully saturated rings. The van der Waals surface area contributed by atoms with E-state index in [-0.39, 0.29) is 12.4 Å². The molecule has 0 spiro atoms. The minimum atomic E-state index is -4.22. The van der Waals surface area contributed by atoms with Gasteiger partial charge < -0.3 is 9.84 Å². The lowest BCUT2D eigenvalue weighted by atomic mass is 10.5. The van der Waals surface area contributed by atoms with Crippen molar-refractivity contribution < 1.29 is 17.7 Å². The molecule has 0 atom stereocenters. The highest BCUT2D eigenvalue weighted by Gasteiger charge is 2.26. The summed E-state index contributed by atoms with van der Waals surface area (Å²) in [5.74, 6) is 2.32. The molecule has 0 saturated heterocycles. The first kappa shape index (κ1) is 14.3. The van der Waals surface area contributed by atoms with Gasteiger partial charge in [0.2, 0.25) is 5.89 Å². The van der Waals surface area contributed by atoms with Crippen molar-refractivity contribution in [3.8, 4) is 0 Å². The van der Waals surface area contributed by atoms with Gasteiger partial charge in [0, 0.05) is 0 Å². The molecule has 0 aliphatic heterocycles. The van der Waals surface area contributed by atoms with Crippen molar-refractivity contribution in [2.24, 2.45) is 0 Å². The molecule has 0 amide bonds. The van der Waals surface area contributed by atoms with E-state index in [0.717, 1.165) is 12.2 Å². The Bertz CT molecular complexity index is 330. The van der Waals surface area contributed by atoms with Crippen LogP contribution in [-0.2, 0) is 12.3 Å². The second-order valence-electron chi connectivity index (χ2n) is 3.38. The fourth-order valence-electron chi connectivity index (χ4n) is 1.04. The Hall–Kier alpha value is -0.760. The molecule has 1 N–H and O–H groups in total. The van der Waals surface area contributed by atoms with E-state index >= 15 is 0 Å². The van der Waals surface area contributed by atoms with E-state index in [1.165, 1.54) is 0 Å². The third-order valence-corrected chi connectivity index (χ3v) is 2.85. The zero-order valence-corrected chi connectivity index (χ0v) is 10.2.